The average Bonchev–Trinajstić information content (AvgIpc) is 3.39. The van der Waals surface area contributed by atoms with Gasteiger partial charge in [0.15, 0.2) is 0 Å². The zero-order valence-electron chi connectivity index (χ0n) is 43.1. The molecule has 5 aromatic rings. The first-order valence-corrected chi connectivity index (χ1v) is 22.7. The first kappa shape index (κ1) is 70.3. The molecule has 434 valence electrons. The molecular formula is C53H60O27. The van der Waals surface area contributed by atoms with Crippen molar-refractivity contribution >= 4 is 54.2 Å². The minimum atomic E-state index is -1.39. The topological polar surface area (TPSA) is 474 Å². The minimum Gasteiger partial charge on any atom is -0.508 e. The molecule has 0 saturated carbocycles. The van der Waals surface area contributed by atoms with Crippen molar-refractivity contribution in [1.29, 1.82) is 0 Å². The summed E-state index contributed by atoms with van der Waals surface area (Å²) in [5.41, 5.74) is -0.671. The molecule has 0 aliphatic rings. The highest BCUT2D eigenvalue weighted by molar-refractivity contribution is 5.95. The first-order valence-electron chi connectivity index (χ1n) is 22.7. The lowest BCUT2D eigenvalue weighted by Gasteiger charge is -2.30. The lowest BCUT2D eigenvalue weighted by Crippen LogP contribution is -2.35. The summed E-state index contributed by atoms with van der Waals surface area (Å²) in [7, 11) is 0. The molecule has 27 nitrogen and oxygen atoms in total. The summed E-state index contributed by atoms with van der Waals surface area (Å²) in [4.78, 5) is 95.5. The van der Waals surface area contributed by atoms with Gasteiger partial charge in [-0.05, 0) is 91.2 Å². The summed E-state index contributed by atoms with van der Waals surface area (Å²) < 4.78 is 24.0. The first-order chi connectivity index (χ1) is 37.1. The molecule has 0 aromatic heterocycles. The van der Waals surface area contributed by atoms with E-state index in [4.69, 9.17) is 65.3 Å². The van der Waals surface area contributed by atoms with Gasteiger partial charge < -0.3 is 90.4 Å². The molecule has 27 heteroatoms. The Balaban J connectivity index is 0.000000992. The fraction of sp³-hybridized carbons (Fsp3) is 0.264. The predicted molar refractivity (Wildman–Crippen MR) is 275 cm³/mol. The van der Waals surface area contributed by atoms with E-state index in [1.54, 1.807) is 48.5 Å². The van der Waals surface area contributed by atoms with Crippen molar-refractivity contribution in [2.45, 2.75) is 46.0 Å². The number of hydrogen-bond donors (Lipinski definition) is 12. The quantitative estimate of drug-likeness (QED) is 0.0268. The minimum absolute atomic E-state index is 0. The third kappa shape index (κ3) is 25.0. The molecule has 0 atom stereocenters. The van der Waals surface area contributed by atoms with Crippen LogP contribution >= 0.6 is 0 Å². The largest absolute Gasteiger partial charge is 0.508 e. The SMILES string of the molecule is CC(=O)Oc1cc(C(=O)O)cc(C(=O)O)c1.CC(=O)Oc1cc(OC=O)cc(C(=O)O)c1.CC(CCC(=O)O)(c1ccc(O)cc1)c1ccc(O)cc1.CC(CO)(CO)C(=O)O.O.O=C(O)c1cc(OCCO)cc(OCCO)c1. The number of phenols is 2. The molecule has 0 aliphatic heterocycles. The van der Waals surface area contributed by atoms with E-state index in [0.717, 1.165) is 48.4 Å². The molecule has 14 N–H and O–H groups in total. The van der Waals surface area contributed by atoms with E-state index in [2.05, 4.69) is 9.47 Å². The van der Waals surface area contributed by atoms with Crippen molar-refractivity contribution in [2.24, 2.45) is 5.41 Å². The molecule has 0 saturated heterocycles. The third-order valence-electron chi connectivity index (χ3n) is 10.1. The fourth-order valence-corrected chi connectivity index (χ4v) is 5.96. The smallest absolute Gasteiger partial charge is 0.335 e. The summed E-state index contributed by atoms with van der Waals surface area (Å²) >= 11 is 0. The average molecular weight is 1130 g/mol. The standard InChI is InChI=1S/C17H18O4.C11H14O6.2C10H8O6.C5H10O4.H2O/c1-17(11-10-16(20)21,12-2-6-14(18)7-3-12)13-4-8-15(19)9-5-13;12-1-3-16-9-5-8(11(14)15)6-10(7-9)17-4-2-13;1-6(12)16-9-3-7(10(13)14)2-8(4-9)15-5-11;1-5(11)16-8-3-6(9(12)13)2-7(4-8)10(14)15;1-5(2-6,3-7)4(8)9;/h2-9,18-19H,10-11H2,1H3,(H,20,21);5-7,12-13H,1-4H2,(H,14,15);2-5H,1H3,(H,13,14);2-4H,1H3,(H,12,13)(H,14,15);6-7H,2-3H2,1H3,(H,8,9);1H2. The second-order valence-corrected chi connectivity index (χ2v) is 16.4. The van der Waals surface area contributed by atoms with Crippen molar-refractivity contribution in [3.8, 4) is 40.2 Å². The summed E-state index contributed by atoms with van der Waals surface area (Å²) in [5.74, 6) is -7.37. The normalized spacial score (nSPS) is 10.2. The lowest BCUT2D eigenvalue weighted by atomic mass is 9.73. The van der Waals surface area contributed by atoms with Crippen LogP contribution in [0.1, 0.15) is 93.1 Å². The van der Waals surface area contributed by atoms with Crippen LogP contribution in [-0.4, -0.2) is 161 Å². The monoisotopic (exact) mass is 1130 g/mol. The number of aliphatic carboxylic acids is 2. The second-order valence-electron chi connectivity index (χ2n) is 16.4. The van der Waals surface area contributed by atoms with E-state index in [0.29, 0.717) is 17.9 Å². The molecule has 0 amide bonds. The Morgan fingerprint density at radius 3 is 1.10 bits per heavy atom. The van der Waals surface area contributed by atoms with Crippen molar-refractivity contribution in [2.75, 3.05) is 39.6 Å². The van der Waals surface area contributed by atoms with Crippen LogP contribution in [0.15, 0.2) is 103 Å². The molecule has 0 aliphatic carbocycles. The van der Waals surface area contributed by atoms with Crippen LogP contribution in [0.5, 0.6) is 40.2 Å². The number of carbonyl (C=O) groups is 9. The van der Waals surface area contributed by atoms with Gasteiger partial charge in [0.2, 0.25) is 0 Å². The van der Waals surface area contributed by atoms with Crippen LogP contribution in [0.4, 0.5) is 0 Å². The van der Waals surface area contributed by atoms with Gasteiger partial charge in [0.25, 0.3) is 6.47 Å². The van der Waals surface area contributed by atoms with Gasteiger partial charge in [-0.25, -0.2) is 19.2 Å². The lowest BCUT2D eigenvalue weighted by molar-refractivity contribution is -0.153. The van der Waals surface area contributed by atoms with Gasteiger partial charge in [0.05, 0.1) is 48.7 Å². The number of carboxylic acid groups (broad SMARTS) is 6. The van der Waals surface area contributed by atoms with Crippen molar-refractivity contribution in [1.82, 2.24) is 0 Å². The molecule has 0 spiro atoms. The molecule has 5 rings (SSSR count). The van der Waals surface area contributed by atoms with Crippen LogP contribution in [0.3, 0.4) is 0 Å². The van der Waals surface area contributed by atoms with E-state index in [9.17, 15) is 53.4 Å². The van der Waals surface area contributed by atoms with Crippen LogP contribution in [0.25, 0.3) is 0 Å². The summed E-state index contributed by atoms with van der Waals surface area (Å²) in [5, 5.41) is 105. The number of carbonyl (C=O) groups excluding carboxylic acids is 3. The number of phenolic OH excluding ortho intramolecular Hbond substituents is 2. The van der Waals surface area contributed by atoms with Crippen LogP contribution in [0.2, 0.25) is 0 Å². The van der Waals surface area contributed by atoms with Gasteiger partial charge in [-0.1, -0.05) is 31.2 Å². The Morgan fingerprint density at radius 2 is 0.812 bits per heavy atom. The van der Waals surface area contributed by atoms with Gasteiger partial charge in [0, 0.05) is 37.8 Å². The maximum absolute atomic E-state index is 10.9. The van der Waals surface area contributed by atoms with E-state index in [1.165, 1.54) is 38.1 Å². The highest BCUT2D eigenvalue weighted by Crippen LogP contribution is 2.38. The van der Waals surface area contributed by atoms with Gasteiger partial charge in [-0.2, -0.15) is 0 Å². The number of aliphatic hydroxyl groups is 4. The molecule has 0 radical (unpaired) electrons. The number of benzene rings is 5. The van der Waals surface area contributed by atoms with Crippen molar-refractivity contribution < 1.29 is 134 Å². The Hall–Kier alpha value is -9.67. The summed E-state index contributed by atoms with van der Waals surface area (Å²) in [6.45, 7) is 4.43. The van der Waals surface area contributed by atoms with E-state index >= 15 is 0 Å². The molecular weight excluding hydrogens is 1070 g/mol. The van der Waals surface area contributed by atoms with Gasteiger partial charge in [0.1, 0.15) is 58.9 Å². The van der Waals surface area contributed by atoms with Gasteiger partial charge in [-0.3, -0.25) is 24.0 Å². The highest BCUT2D eigenvalue weighted by atomic mass is 16.5. The maximum atomic E-state index is 10.9. The van der Waals surface area contributed by atoms with Crippen molar-refractivity contribution in [3.05, 3.63) is 137 Å². The van der Waals surface area contributed by atoms with Crippen LogP contribution < -0.4 is 23.7 Å². The Labute approximate surface area is 454 Å². The number of carboxylic acids is 6. The van der Waals surface area contributed by atoms with Gasteiger partial charge in [-0.15, -0.1) is 0 Å². The predicted octanol–water partition coefficient (Wildman–Crippen LogP) is 3.49. The molecule has 5 aromatic carbocycles. The Kier molecular flexibility index (Phi) is 30.7. The Morgan fingerprint density at radius 1 is 0.487 bits per heavy atom. The maximum Gasteiger partial charge on any atom is 0.335 e. The Bertz CT molecular complexity index is 2750. The number of ether oxygens (including phenoxy) is 5. The van der Waals surface area contributed by atoms with Gasteiger partial charge >= 0.3 is 47.8 Å². The molecule has 0 bridgehead atoms. The number of hydrogen-bond acceptors (Lipinski definition) is 20. The molecule has 80 heavy (non-hydrogen) atoms. The van der Waals surface area contributed by atoms with Crippen molar-refractivity contribution in [3.63, 3.8) is 0 Å². The number of esters is 2. The van der Waals surface area contributed by atoms with E-state index in [-0.39, 0.29) is 95.8 Å². The zero-order valence-corrected chi connectivity index (χ0v) is 43.1. The molecule has 0 fully saturated rings. The fourth-order valence-electron chi connectivity index (χ4n) is 5.96. The molecule has 0 heterocycles. The highest BCUT2D eigenvalue weighted by Gasteiger charge is 2.31. The molecule has 0 unspecified atom stereocenters. The third-order valence-corrected chi connectivity index (χ3v) is 10.1. The van der Waals surface area contributed by atoms with Crippen LogP contribution in [0, 0.1) is 5.41 Å². The summed E-state index contributed by atoms with van der Waals surface area (Å²) in [6, 6.07) is 24.4. The number of rotatable bonds is 22. The summed E-state index contributed by atoms with van der Waals surface area (Å²) in [6.07, 6.45) is 0.468. The van der Waals surface area contributed by atoms with Crippen LogP contribution in [-0.2, 0) is 29.4 Å². The van der Waals surface area contributed by atoms with E-state index < -0.39 is 71.8 Å². The number of aromatic carboxylic acids is 4. The number of aromatic hydroxyl groups is 2. The van der Waals surface area contributed by atoms with E-state index in [1.807, 2.05) is 6.92 Å². The number of aliphatic hydroxyl groups excluding tert-OH is 4. The second kappa shape index (κ2) is 34.9. The zero-order chi connectivity index (χ0) is 60.0.